The van der Waals surface area contributed by atoms with Gasteiger partial charge in [0.25, 0.3) is 0 Å². The van der Waals surface area contributed by atoms with Gasteiger partial charge >= 0.3 is 0 Å². The first-order chi connectivity index (χ1) is 14.1. The van der Waals surface area contributed by atoms with E-state index in [-0.39, 0.29) is 17.5 Å². The maximum Gasteiger partial charge on any atom is 0.231 e. The molecule has 1 aliphatic heterocycles. The number of rotatable bonds is 3. The van der Waals surface area contributed by atoms with Crippen LogP contribution in [0.15, 0.2) is 23.1 Å². The van der Waals surface area contributed by atoms with Crippen molar-refractivity contribution in [3.63, 3.8) is 0 Å². The molecule has 148 valence electrons. The van der Waals surface area contributed by atoms with E-state index in [0.29, 0.717) is 0 Å². The lowest BCUT2D eigenvalue weighted by molar-refractivity contribution is -0.921. The molecular formula is C22H25N5OS+2. The van der Waals surface area contributed by atoms with Gasteiger partial charge in [0.05, 0.1) is 31.4 Å². The van der Waals surface area contributed by atoms with Crippen LogP contribution in [-0.4, -0.2) is 32.0 Å². The SMILES string of the molecule is N#C[C@H]1C(=[NH2+])C(C#N)(C#N)[C@@H](c2cc(C[NH+]3CCOCC3)cs2)[C@@H]2CCCC=C12. The minimum Gasteiger partial charge on any atom is -0.370 e. The van der Waals surface area contributed by atoms with Crippen molar-refractivity contribution in [1.29, 1.82) is 15.8 Å². The third kappa shape index (κ3) is 3.28. The van der Waals surface area contributed by atoms with E-state index in [1.54, 1.807) is 11.3 Å². The van der Waals surface area contributed by atoms with E-state index in [4.69, 9.17) is 10.1 Å². The number of fused-ring (bicyclic) bond motifs is 1. The van der Waals surface area contributed by atoms with Crippen LogP contribution < -0.4 is 10.3 Å². The van der Waals surface area contributed by atoms with Crippen molar-refractivity contribution in [2.45, 2.75) is 31.7 Å². The molecule has 29 heavy (non-hydrogen) atoms. The zero-order chi connectivity index (χ0) is 20.4. The van der Waals surface area contributed by atoms with Crippen LogP contribution in [0.3, 0.4) is 0 Å². The summed E-state index contributed by atoms with van der Waals surface area (Å²) < 4.78 is 5.45. The van der Waals surface area contributed by atoms with Crippen molar-refractivity contribution < 1.29 is 15.0 Å². The Kier molecular flexibility index (Phi) is 5.52. The zero-order valence-corrected chi connectivity index (χ0v) is 17.2. The van der Waals surface area contributed by atoms with E-state index in [9.17, 15) is 15.8 Å². The number of hydrogen-bond acceptors (Lipinski definition) is 5. The average molecular weight is 408 g/mol. The predicted octanol–water partition coefficient (Wildman–Crippen LogP) is 0.360. The minimum atomic E-state index is -1.46. The number of nitrogens with two attached hydrogens (primary N) is 1. The zero-order valence-electron chi connectivity index (χ0n) is 16.4. The highest BCUT2D eigenvalue weighted by Crippen LogP contribution is 2.55. The van der Waals surface area contributed by atoms with Gasteiger partial charge in [-0.25, -0.2) is 0 Å². The first kappa shape index (κ1) is 19.8. The summed E-state index contributed by atoms with van der Waals surface area (Å²) in [5.41, 5.74) is 0.978. The van der Waals surface area contributed by atoms with Crippen molar-refractivity contribution >= 4 is 17.0 Å². The van der Waals surface area contributed by atoms with Crippen molar-refractivity contribution in [3.8, 4) is 18.2 Å². The molecule has 0 bridgehead atoms. The van der Waals surface area contributed by atoms with Crippen LogP contribution in [0.4, 0.5) is 0 Å². The Morgan fingerprint density at radius 1 is 1.24 bits per heavy atom. The van der Waals surface area contributed by atoms with Crippen LogP contribution >= 0.6 is 11.3 Å². The van der Waals surface area contributed by atoms with Gasteiger partial charge in [0, 0.05) is 16.4 Å². The van der Waals surface area contributed by atoms with E-state index in [1.165, 1.54) is 10.5 Å². The standard InChI is InChI=1S/C22H23N5OS/c23-10-18-16-3-1-2-4-17(16)20(22(13-24,14-25)21(18)26)19-9-15(12-29-19)11-27-5-7-28-8-6-27/h3,9,12,17-18,20,26H,1-2,4-8,11H2/p+2/t17-,18-,20-/m1/s1. The summed E-state index contributed by atoms with van der Waals surface area (Å²) in [7, 11) is 0. The lowest BCUT2D eigenvalue weighted by Crippen LogP contribution is -3.12. The van der Waals surface area contributed by atoms with Gasteiger partial charge in [-0.1, -0.05) is 6.08 Å². The summed E-state index contributed by atoms with van der Waals surface area (Å²) in [5, 5.41) is 38.5. The van der Waals surface area contributed by atoms with Gasteiger partial charge in [-0.15, -0.1) is 11.3 Å². The minimum absolute atomic E-state index is 0.0160. The molecule has 0 radical (unpaired) electrons. The van der Waals surface area contributed by atoms with Crippen molar-refractivity contribution in [3.05, 3.63) is 33.5 Å². The van der Waals surface area contributed by atoms with Gasteiger partial charge in [0.2, 0.25) is 11.1 Å². The predicted molar refractivity (Wildman–Crippen MR) is 107 cm³/mol. The quantitative estimate of drug-likeness (QED) is 0.705. The van der Waals surface area contributed by atoms with Crippen LogP contribution in [0.25, 0.3) is 0 Å². The third-order valence-corrected chi connectivity index (χ3v) is 7.68. The summed E-state index contributed by atoms with van der Waals surface area (Å²) in [6.07, 6.45) is 4.93. The fraction of sp³-hybridized carbons (Fsp3) is 0.545. The number of allylic oxidation sites excluding steroid dienone is 2. The third-order valence-electron chi connectivity index (χ3n) is 6.61. The van der Waals surface area contributed by atoms with Gasteiger partial charge in [0.15, 0.2) is 0 Å². The summed E-state index contributed by atoms with van der Waals surface area (Å²) in [6, 6.07) is 8.90. The fourth-order valence-corrected chi connectivity index (χ4v) is 6.27. The van der Waals surface area contributed by atoms with Crippen LogP contribution in [0.2, 0.25) is 0 Å². The molecule has 0 unspecified atom stereocenters. The molecule has 0 aromatic carbocycles. The number of hydrogen-bond donors (Lipinski definition) is 2. The second-order valence-electron chi connectivity index (χ2n) is 8.16. The molecule has 7 heteroatoms. The van der Waals surface area contributed by atoms with Crippen molar-refractivity contribution in [2.75, 3.05) is 26.3 Å². The lowest BCUT2D eigenvalue weighted by Gasteiger charge is -2.42. The molecule has 2 heterocycles. The first-order valence-corrected chi connectivity index (χ1v) is 11.1. The molecule has 1 saturated heterocycles. The van der Waals surface area contributed by atoms with E-state index >= 15 is 0 Å². The molecule has 2 fully saturated rings. The van der Waals surface area contributed by atoms with Crippen LogP contribution in [-0.2, 0) is 11.3 Å². The van der Waals surface area contributed by atoms with Gasteiger partial charge in [-0.05, 0) is 42.2 Å². The average Bonchev–Trinajstić information content (AvgIpc) is 3.21. The molecule has 3 N–H and O–H groups in total. The topological polar surface area (TPSA) is 111 Å². The Morgan fingerprint density at radius 3 is 2.69 bits per heavy atom. The molecule has 1 aromatic heterocycles. The van der Waals surface area contributed by atoms with Crippen molar-refractivity contribution in [1.82, 2.24) is 0 Å². The Bertz CT molecular complexity index is 939. The van der Waals surface area contributed by atoms with E-state index in [2.05, 4.69) is 35.7 Å². The molecule has 1 saturated carbocycles. The number of nitrogens with zero attached hydrogens (tertiary/aromatic N) is 3. The summed E-state index contributed by atoms with van der Waals surface area (Å²) in [6.45, 7) is 4.49. The monoisotopic (exact) mass is 407 g/mol. The normalized spacial score (nSPS) is 29.1. The highest BCUT2D eigenvalue weighted by Gasteiger charge is 2.60. The molecule has 0 amide bonds. The molecule has 4 rings (SSSR count). The number of nitrogens with one attached hydrogen (secondary N) is 1. The molecule has 1 aromatic rings. The van der Waals surface area contributed by atoms with E-state index in [1.807, 2.05) is 0 Å². The number of morpholine rings is 1. The molecule has 6 nitrogen and oxygen atoms in total. The van der Waals surface area contributed by atoms with Gasteiger partial charge in [-0.2, -0.15) is 15.8 Å². The molecule has 2 aliphatic carbocycles. The van der Waals surface area contributed by atoms with Gasteiger partial charge < -0.3 is 9.64 Å². The highest BCUT2D eigenvalue weighted by atomic mass is 32.1. The van der Waals surface area contributed by atoms with Gasteiger partial charge in [-0.3, -0.25) is 5.41 Å². The number of ether oxygens (including phenoxy) is 1. The smallest absolute Gasteiger partial charge is 0.231 e. The van der Waals surface area contributed by atoms with Crippen LogP contribution in [0.1, 0.15) is 35.6 Å². The summed E-state index contributed by atoms with van der Waals surface area (Å²) >= 11 is 1.62. The summed E-state index contributed by atoms with van der Waals surface area (Å²) in [5.74, 6) is -0.942. The number of nitriles is 3. The van der Waals surface area contributed by atoms with E-state index < -0.39 is 11.3 Å². The largest absolute Gasteiger partial charge is 0.370 e. The molecule has 3 atom stereocenters. The van der Waals surface area contributed by atoms with Crippen molar-refractivity contribution in [2.24, 2.45) is 17.3 Å². The molecule has 0 spiro atoms. The number of thiophene rings is 1. The number of quaternary nitrogens is 1. The fourth-order valence-electron chi connectivity index (χ4n) is 5.13. The lowest BCUT2D eigenvalue weighted by atomic mass is 9.54. The van der Waals surface area contributed by atoms with Crippen LogP contribution in [0, 0.1) is 51.2 Å². The molecule has 3 aliphatic rings. The van der Waals surface area contributed by atoms with E-state index in [0.717, 1.165) is 62.6 Å². The Labute approximate surface area is 175 Å². The maximum atomic E-state index is 10.1. The molecular weight excluding hydrogens is 382 g/mol. The maximum absolute atomic E-state index is 10.1. The first-order valence-electron chi connectivity index (χ1n) is 10.2. The highest BCUT2D eigenvalue weighted by molar-refractivity contribution is 7.10. The Balaban J connectivity index is 1.72. The summed E-state index contributed by atoms with van der Waals surface area (Å²) in [4.78, 5) is 2.53. The Hall–Kier alpha value is -2.50. The van der Waals surface area contributed by atoms with Crippen LogP contribution in [0.5, 0.6) is 0 Å². The second-order valence-corrected chi connectivity index (χ2v) is 9.11. The Morgan fingerprint density at radius 2 is 2.00 bits per heavy atom. The van der Waals surface area contributed by atoms with Gasteiger partial charge in [0.1, 0.15) is 25.6 Å². The second kappa shape index (κ2) is 8.09.